The van der Waals surface area contributed by atoms with Crippen molar-refractivity contribution in [1.29, 1.82) is 0 Å². The molecule has 1 aromatic heterocycles. The Bertz CT molecular complexity index is 619. The monoisotopic (exact) mass is 324 g/mol. The number of carbonyl (C=O) groups is 1. The number of nitrogens with one attached hydrogen (secondary N) is 1. The zero-order valence-electron chi connectivity index (χ0n) is 10.9. The van der Waals surface area contributed by atoms with Crippen molar-refractivity contribution in [2.24, 2.45) is 5.73 Å². The highest BCUT2D eigenvalue weighted by atomic mass is 79.9. The molecule has 2 aromatic rings. The Balaban J connectivity index is 2.49. The third-order valence-corrected chi connectivity index (χ3v) is 3.96. The normalized spacial score (nSPS) is 13.1. The largest absolute Gasteiger partial charge is 0.480 e. The minimum atomic E-state index is -0.985. The first-order valence-corrected chi connectivity index (χ1v) is 6.97. The number of fused-ring (bicyclic) bond motifs is 1. The molecule has 1 heterocycles. The Morgan fingerprint density at radius 2 is 2.16 bits per heavy atom. The molecule has 0 spiro atoms. The van der Waals surface area contributed by atoms with Gasteiger partial charge in [0.15, 0.2) is 0 Å². The smallest absolute Gasteiger partial charge is 0.320 e. The minimum absolute atomic E-state index is 0.303. The van der Waals surface area contributed by atoms with E-state index in [1.54, 1.807) is 0 Å². The molecule has 1 aromatic carbocycles. The van der Waals surface area contributed by atoms with Gasteiger partial charge in [-0.3, -0.25) is 4.79 Å². The molecule has 4 N–H and O–H groups in total. The van der Waals surface area contributed by atoms with Crippen molar-refractivity contribution in [1.82, 2.24) is 4.98 Å². The van der Waals surface area contributed by atoms with Gasteiger partial charge in [0.2, 0.25) is 0 Å². The molecule has 2 rings (SSSR count). The fourth-order valence-corrected chi connectivity index (χ4v) is 2.69. The van der Waals surface area contributed by atoms with E-state index in [4.69, 9.17) is 10.8 Å². The van der Waals surface area contributed by atoms with Gasteiger partial charge in [-0.25, -0.2) is 0 Å². The molecule has 0 aliphatic carbocycles. The Labute approximate surface area is 120 Å². The number of rotatable bonds is 4. The van der Waals surface area contributed by atoms with Gasteiger partial charge in [-0.1, -0.05) is 19.9 Å². The van der Waals surface area contributed by atoms with E-state index in [0.29, 0.717) is 12.3 Å². The average Bonchev–Trinajstić information content (AvgIpc) is 2.65. The van der Waals surface area contributed by atoms with Crippen molar-refractivity contribution in [3.8, 4) is 0 Å². The first-order chi connectivity index (χ1) is 8.90. The van der Waals surface area contributed by atoms with Gasteiger partial charge in [0.05, 0.1) is 4.60 Å². The Kier molecular flexibility index (Phi) is 3.96. The predicted octanol–water partition coefficient (Wildman–Crippen LogP) is 3.01. The third-order valence-electron chi connectivity index (χ3n) is 3.29. The summed E-state index contributed by atoms with van der Waals surface area (Å²) in [6.07, 6.45) is 0.303. The topological polar surface area (TPSA) is 79.1 Å². The molecule has 0 bridgehead atoms. The summed E-state index contributed by atoms with van der Waals surface area (Å²) in [5, 5.41) is 9.97. The Morgan fingerprint density at radius 1 is 1.47 bits per heavy atom. The van der Waals surface area contributed by atoms with Gasteiger partial charge in [0, 0.05) is 17.3 Å². The summed E-state index contributed by atoms with van der Waals surface area (Å²) in [7, 11) is 0. The summed E-state index contributed by atoms with van der Waals surface area (Å²) < 4.78 is 0.806. The fourth-order valence-electron chi connectivity index (χ4n) is 2.10. The molecule has 1 unspecified atom stereocenters. The lowest BCUT2D eigenvalue weighted by molar-refractivity contribution is -0.138. The zero-order chi connectivity index (χ0) is 14.2. The van der Waals surface area contributed by atoms with E-state index in [2.05, 4.69) is 46.9 Å². The van der Waals surface area contributed by atoms with E-state index in [1.807, 2.05) is 6.07 Å². The lowest BCUT2D eigenvalue weighted by Gasteiger charge is -2.08. The lowest BCUT2D eigenvalue weighted by atomic mass is 9.99. The maximum atomic E-state index is 10.9. The van der Waals surface area contributed by atoms with E-state index in [9.17, 15) is 4.79 Å². The van der Waals surface area contributed by atoms with Gasteiger partial charge in [0.25, 0.3) is 0 Å². The number of aliphatic carboxylic acids is 1. The van der Waals surface area contributed by atoms with Crippen molar-refractivity contribution in [2.75, 3.05) is 0 Å². The zero-order valence-corrected chi connectivity index (χ0v) is 12.5. The molecule has 4 nitrogen and oxygen atoms in total. The van der Waals surface area contributed by atoms with E-state index in [0.717, 1.165) is 21.1 Å². The van der Waals surface area contributed by atoms with Crippen LogP contribution in [0.15, 0.2) is 22.8 Å². The van der Waals surface area contributed by atoms with Crippen LogP contribution in [0.3, 0.4) is 0 Å². The number of carboxylic acids is 1. The number of hydrogen-bond donors (Lipinski definition) is 3. The van der Waals surface area contributed by atoms with Gasteiger partial charge in [0.1, 0.15) is 6.04 Å². The number of nitrogens with two attached hydrogens (primary N) is 1. The van der Waals surface area contributed by atoms with Crippen LogP contribution in [-0.4, -0.2) is 22.1 Å². The molecule has 1 atom stereocenters. The van der Waals surface area contributed by atoms with Crippen LogP contribution < -0.4 is 5.73 Å². The molecule has 0 aliphatic heterocycles. The number of benzene rings is 1. The van der Waals surface area contributed by atoms with Crippen LogP contribution >= 0.6 is 15.9 Å². The summed E-state index contributed by atoms with van der Waals surface area (Å²) in [6, 6.07) is 5.31. The molecule has 0 radical (unpaired) electrons. The van der Waals surface area contributed by atoms with Gasteiger partial charge in [-0.15, -0.1) is 0 Å². The number of carboxylic acid groups (broad SMARTS) is 1. The summed E-state index contributed by atoms with van der Waals surface area (Å²) in [5.41, 5.74) is 8.77. The summed E-state index contributed by atoms with van der Waals surface area (Å²) >= 11 is 3.44. The van der Waals surface area contributed by atoms with E-state index < -0.39 is 12.0 Å². The molecule has 0 amide bonds. The predicted molar refractivity (Wildman–Crippen MR) is 79.4 cm³/mol. The molecule has 0 aliphatic rings. The van der Waals surface area contributed by atoms with Crippen LogP contribution in [0.5, 0.6) is 0 Å². The van der Waals surface area contributed by atoms with Crippen LogP contribution in [0.1, 0.15) is 30.9 Å². The Hall–Kier alpha value is -1.33. The number of hydrogen-bond acceptors (Lipinski definition) is 2. The average molecular weight is 325 g/mol. The molecule has 0 saturated carbocycles. The first-order valence-electron chi connectivity index (χ1n) is 6.18. The highest BCUT2D eigenvalue weighted by molar-refractivity contribution is 9.10. The third kappa shape index (κ3) is 2.82. The van der Waals surface area contributed by atoms with Gasteiger partial charge in [-0.05, 0) is 45.1 Å². The highest BCUT2D eigenvalue weighted by Crippen LogP contribution is 2.30. The van der Waals surface area contributed by atoms with Crippen LogP contribution in [-0.2, 0) is 11.2 Å². The lowest BCUT2D eigenvalue weighted by Crippen LogP contribution is -2.32. The van der Waals surface area contributed by atoms with Gasteiger partial charge in [-0.2, -0.15) is 0 Å². The van der Waals surface area contributed by atoms with Crippen molar-refractivity contribution in [3.05, 3.63) is 33.9 Å². The van der Waals surface area contributed by atoms with Crippen molar-refractivity contribution >= 4 is 32.8 Å². The van der Waals surface area contributed by atoms with Crippen LogP contribution in [0.2, 0.25) is 0 Å². The molecular weight excluding hydrogens is 308 g/mol. The maximum Gasteiger partial charge on any atom is 0.320 e. The van der Waals surface area contributed by atoms with Crippen LogP contribution in [0.25, 0.3) is 10.9 Å². The van der Waals surface area contributed by atoms with Gasteiger partial charge >= 0.3 is 5.97 Å². The summed E-state index contributed by atoms with van der Waals surface area (Å²) in [4.78, 5) is 14.1. The molecule has 0 saturated heterocycles. The van der Waals surface area contributed by atoms with Crippen LogP contribution in [0, 0.1) is 0 Å². The molecule has 102 valence electrons. The van der Waals surface area contributed by atoms with Crippen molar-refractivity contribution < 1.29 is 9.90 Å². The molecule has 0 fully saturated rings. The quantitative estimate of drug-likeness (QED) is 0.808. The second kappa shape index (κ2) is 5.35. The summed E-state index contributed by atoms with van der Waals surface area (Å²) in [6.45, 7) is 4.26. The number of H-pyrrole nitrogens is 1. The molecule has 5 heteroatoms. The second-order valence-electron chi connectivity index (χ2n) is 5.03. The molecule has 19 heavy (non-hydrogen) atoms. The Morgan fingerprint density at radius 3 is 2.74 bits per heavy atom. The fraction of sp³-hybridized carbons (Fsp3) is 0.357. The number of aromatic nitrogens is 1. The van der Waals surface area contributed by atoms with E-state index in [-0.39, 0.29) is 0 Å². The van der Waals surface area contributed by atoms with Crippen molar-refractivity contribution in [3.63, 3.8) is 0 Å². The van der Waals surface area contributed by atoms with Crippen LogP contribution in [0.4, 0.5) is 0 Å². The maximum absolute atomic E-state index is 10.9. The highest BCUT2D eigenvalue weighted by Gasteiger charge is 2.18. The van der Waals surface area contributed by atoms with Gasteiger partial charge < -0.3 is 15.8 Å². The standard InChI is InChI=1S/C14H17BrN2O2/c1-7(2)8-3-4-12-9(5-8)10(13(15)17-12)6-11(16)14(18)19/h3-5,7,11,17H,6,16H2,1-2H3,(H,18,19). The SMILES string of the molecule is CC(C)c1ccc2[nH]c(Br)c(CC(N)C(=O)O)c2c1. The van der Waals surface area contributed by atoms with Crippen molar-refractivity contribution in [2.45, 2.75) is 32.2 Å². The number of halogens is 1. The summed E-state index contributed by atoms with van der Waals surface area (Å²) in [5.74, 6) is -0.555. The first kappa shape index (κ1) is 14.1. The molecular formula is C14H17BrN2O2. The van der Waals surface area contributed by atoms with E-state index >= 15 is 0 Å². The number of aromatic amines is 1. The second-order valence-corrected chi connectivity index (χ2v) is 5.82. The minimum Gasteiger partial charge on any atom is -0.480 e. The van der Waals surface area contributed by atoms with E-state index in [1.165, 1.54) is 5.56 Å².